The number of nitrogens with zero attached hydrogens (tertiary/aromatic N) is 3. The maximum Gasteiger partial charge on any atom is 0.138 e. The molecule has 50 valence electrons. The largest absolute Gasteiger partial charge is 0.302 e. The lowest BCUT2D eigenvalue weighted by Crippen LogP contribution is -1.93. The highest BCUT2D eigenvalue weighted by molar-refractivity contribution is 7.14. The van der Waals surface area contributed by atoms with Gasteiger partial charge in [-0.1, -0.05) is 13.8 Å². The van der Waals surface area contributed by atoms with E-state index in [-0.39, 0.29) is 0 Å². The van der Waals surface area contributed by atoms with Gasteiger partial charge in [-0.15, -0.1) is 10.2 Å². The molecule has 1 aromatic rings. The normalized spacial score (nSPS) is 10.7. The molecule has 0 radical (unpaired) electrons. The molecule has 0 spiro atoms. The van der Waals surface area contributed by atoms with Crippen molar-refractivity contribution in [1.29, 1.82) is 0 Å². The van der Waals surface area contributed by atoms with E-state index in [4.69, 9.17) is 0 Å². The molecule has 3 nitrogen and oxygen atoms in total. The molecule has 0 bridgehead atoms. The standard InChI is InChI=1S/C5H10N3P/c1-4(2)5-7-6-3-8(5)9/h3-4H,9H2,1-2H3. The van der Waals surface area contributed by atoms with Crippen LogP contribution in [0.5, 0.6) is 0 Å². The molecule has 0 N–H and O–H groups in total. The van der Waals surface area contributed by atoms with Crippen molar-refractivity contribution in [2.75, 3.05) is 0 Å². The van der Waals surface area contributed by atoms with E-state index in [2.05, 4.69) is 33.4 Å². The molecule has 0 saturated heterocycles. The van der Waals surface area contributed by atoms with Gasteiger partial charge in [0.25, 0.3) is 0 Å². The van der Waals surface area contributed by atoms with Gasteiger partial charge in [0.2, 0.25) is 0 Å². The van der Waals surface area contributed by atoms with Gasteiger partial charge in [0, 0.05) is 5.92 Å². The molecule has 0 saturated carbocycles. The smallest absolute Gasteiger partial charge is 0.138 e. The Balaban J connectivity index is 2.94. The fourth-order valence-electron chi connectivity index (χ4n) is 0.665. The second-order valence-electron chi connectivity index (χ2n) is 2.25. The number of hydrogen-bond donors (Lipinski definition) is 0. The summed E-state index contributed by atoms with van der Waals surface area (Å²) in [5.41, 5.74) is 0. The molecule has 0 aliphatic carbocycles. The van der Waals surface area contributed by atoms with Crippen LogP contribution < -0.4 is 0 Å². The van der Waals surface area contributed by atoms with E-state index < -0.39 is 0 Å². The molecule has 1 aromatic heterocycles. The SMILES string of the molecule is CC(C)c1nncn1P. The number of hydrogen-bond acceptors (Lipinski definition) is 2. The van der Waals surface area contributed by atoms with E-state index in [9.17, 15) is 0 Å². The summed E-state index contributed by atoms with van der Waals surface area (Å²) in [6.45, 7) is 4.18. The van der Waals surface area contributed by atoms with E-state index in [1.165, 1.54) is 0 Å². The van der Waals surface area contributed by atoms with Crippen molar-refractivity contribution in [1.82, 2.24) is 14.5 Å². The molecule has 1 heterocycles. The van der Waals surface area contributed by atoms with Gasteiger partial charge in [-0.3, -0.25) is 0 Å². The lowest BCUT2D eigenvalue weighted by Gasteiger charge is -2.00. The zero-order valence-electron chi connectivity index (χ0n) is 5.57. The second-order valence-corrected chi connectivity index (χ2v) is 2.81. The molecule has 0 aromatic carbocycles. The van der Waals surface area contributed by atoms with Crippen LogP contribution in [0.1, 0.15) is 25.6 Å². The summed E-state index contributed by atoms with van der Waals surface area (Å²) in [4.78, 5) is 0. The minimum absolute atomic E-state index is 0.449. The molecule has 1 rings (SSSR count). The third kappa shape index (κ3) is 1.28. The highest BCUT2D eigenvalue weighted by Gasteiger charge is 2.03. The minimum atomic E-state index is 0.449. The average Bonchev–Trinajstić information content (AvgIpc) is 2.13. The van der Waals surface area contributed by atoms with Crippen molar-refractivity contribution in [3.63, 3.8) is 0 Å². The van der Waals surface area contributed by atoms with Gasteiger partial charge in [0.1, 0.15) is 12.2 Å². The molecule has 0 amide bonds. The summed E-state index contributed by atoms with van der Waals surface area (Å²) in [6, 6.07) is 0. The van der Waals surface area contributed by atoms with Crippen LogP contribution in [-0.2, 0) is 0 Å². The van der Waals surface area contributed by atoms with Gasteiger partial charge >= 0.3 is 0 Å². The maximum absolute atomic E-state index is 3.91. The molecule has 1 unspecified atom stereocenters. The zero-order valence-corrected chi connectivity index (χ0v) is 6.73. The maximum atomic E-state index is 3.91. The van der Waals surface area contributed by atoms with Gasteiger partial charge in [0.15, 0.2) is 0 Å². The zero-order chi connectivity index (χ0) is 6.85. The number of aromatic nitrogens is 3. The van der Waals surface area contributed by atoms with Crippen LogP contribution in [0.4, 0.5) is 0 Å². The van der Waals surface area contributed by atoms with Crippen molar-refractivity contribution in [2.24, 2.45) is 0 Å². The van der Waals surface area contributed by atoms with Crippen molar-refractivity contribution in [3.05, 3.63) is 12.2 Å². The van der Waals surface area contributed by atoms with E-state index >= 15 is 0 Å². The number of rotatable bonds is 1. The first-order valence-corrected chi connectivity index (χ1v) is 3.38. The Morgan fingerprint density at radius 1 is 1.67 bits per heavy atom. The summed E-state index contributed by atoms with van der Waals surface area (Å²) >= 11 is 0. The summed E-state index contributed by atoms with van der Waals surface area (Å²) in [6.07, 6.45) is 1.68. The van der Waals surface area contributed by atoms with Crippen molar-refractivity contribution in [2.45, 2.75) is 19.8 Å². The van der Waals surface area contributed by atoms with E-state index in [0.717, 1.165) is 5.82 Å². The van der Waals surface area contributed by atoms with Crippen molar-refractivity contribution >= 4 is 9.39 Å². The Labute approximate surface area is 56.7 Å². The summed E-state index contributed by atoms with van der Waals surface area (Å²) in [7, 11) is 2.53. The Hall–Kier alpha value is -0.430. The minimum Gasteiger partial charge on any atom is -0.302 e. The topological polar surface area (TPSA) is 30.7 Å². The quantitative estimate of drug-likeness (QED) is 0.550. The van der Waals surface area contributed by atoms with Gasteiger partial charge in [0.05, 0.1) is 0 Å². The van der Waals surface area contributed by atoms with Crippen LogP contribution in [0.3, 0.4) is 0 Å². The average molecular weight is 143 g/mol. The summed E-state index contributed by atoms with van der Waals surface area (Å²) < 4.78 is 1.85. The van der Waals surface area contributed by atoms with Crippen LogP contribution in [0.25, 0.3) is 0 Å². The monoisotopic (exact) mass is 143 g/mol. The first-order valence-electron chi connectivity index (χ1n) is 2.87. The molecule has 4 heteroatoms. The summed E-state index contributed by atoms with van der Waals surface area (Å²) in [5.74, 6) is 1.45. The lowest BCUT2D eigenvalue weighted by molar-refractivity contribution is 0.770. The molecule has 0 aliphatic rings. The molecular formula is C5H10N3P. The van der Waals surface area contributed by atoms with Gasteiger partial charge in [-0.2, -0.15) is 0 Å². The van der Waals surface area contributed by atoms with Gasteiger partial charge in [-0.25, -0.2) is 0 Å². The third-order valence-electron chi connectivity index (χ3n) is 1.12. The van der Waals surface area contributed by atoms with E-state index in [0.29, 0.717) is 5.92 Å². The van der Waals surface area contributed by atoms with Crippen LogP contribution in [0.2, 0.25) is 0 Å². The third-order valence-corrected chi connectivity index (χ3v) is 1.52. The van der Waals surface area contributed by atoms with Crippen LogP contribution in [0.15, 0.2) is 6.33 Å². The Morgan fingerprint density at radius 3 is 2.56 bits per heavy atom. The fourth-order valence-corrected chi connectivity index (χ4v) is 1.07. The highest BCUT2D eigenvalue weighted by Crippen LogP contribution is 2.11. The first kappa shape index (κ1) is 6.69. The molecule has 0 aliphatic heterocycles. The Morgan fingerprint density at radius 2 is 2.33 bits per heavy atom. The van der Waals surface area contributed by atoms with Gasteiger partial charge in [-0.05, 0) is 9.39 Å². The highest BCUT2D eigenvalue weighted by atomic mass is 31.0. The lowest BCUT2D eigenvalue weighted by atomic mass is 10.2. The molecular weight excluding hydrogens is 133 g/mol. The van der Waals surface area contributed by atoms with Crippen LogP contribution in [0, 0.1) is 0 Å². The molecule has 0 fully saturated rings. The first-order chi connectivity index (χ1) is 4.22. The summed E-state index contributed by atoms with van der Waals surface area (Å²) in [5, 5.41) is 7.64. The van der Waals surface area contributed by atoms with Crippen LogP contribution in [-0.4, -0.2) is 14.5 Å². The van der Waals surface area contributed by atoms with Crippen molar-refractivity contribution < 1.29 is 0 Å². The van der Waals surface area contributed by atoms with Gasteiger partial charge < -0.3 is 4.34 Å². The van der Waals surface area contributed by atoms with Crippen molar-refractivity contribution in [3.8, 4) is 0 Å². The second kappa shape index (κ2) is 2.44. The molecule has 1 atom stereocenters. The Kier molecular flexibility index (Phi) is 1.81. The van der Waals surface area contributed by atoms with Crippen LogP contribution >= 0.6 is 9.39 Å². The molecule has 9 heavy (non-hydrogen) atoms. The van der Waals surface area contributed by atoms with E-state index in [1.807, 2.05) is 4.34 Å². The van der Waals surface area contributed by atoms with E-state index in [1.54, 1.807) is 6.33 Å². The predicted octanol–water partition coefficient (Wildman–Crippen LogP) is 1.04. The Bertz CT molecular complexity index is 194. The predicted molar refractivity (Wildman–Crippen MR) is 39.2 cm³/mol. The fraction of sp³-hybridized carbons (Fsp3) is 0.600.